The van der Waals surface area contributed by atoms with Gasteiger partial charge in [-0.3, -0.25) is 0 Å². The summed E-state index contributed by atoms with van der Waals surface area (Å²) in [7, 11) is 0. The molecule has 1 rings (SSSR count). The topological polar surface area (TPSA) is 15.3 Å². The van der Waals surface area contributed by atoms with E-state index in [1.807, 2.05) is 19.1 Å². The predicted octanol–water partition coefficient (Wildman–Crippen LogP) is 3.40. The zero-order valence-corrected chi connectivity index (χ0v) is 11.1. The highest BCUT2D eigenvalue weighted by Gasteiger charge is 1.99. The van der Waals surface area contributed by atoms with Crippen LogP contribution in [0.15, 0.2) is 18.2 Å². The molecule has 0 fully saturated rings. The highest BCUT2D eigenvalue weighted by molar-refractivity contribution is 6.31. The van der Waals surface area contributed by atoms with Gasteiger partial charge >= 0.3 is 0 Å². The van der Waals surface area contributed by atoms with E-state index in [1.165, 1.54) is 0 Å². The molecule has 0 aliphatic carbocycles. The Morgan fingerprint density at radius 3 is 2.50 bits per heavy atom. The van der Waals surface area contributed by atoms with Crippen LogP contribution >= 0.6 is 11.6 Å². The van der Waals surface area contributed by atoms with Crippen molar-refractivity contribution < 1.29 is 0 Å². The van der Waals surface area contributed by atoms with Crippen molar-refractivity contribution in [2.24, 2.45) is 0 Å². The van der Waals surface area contributed by atoms with Gasteiger partial charge in [0.25, 0.3) is 0 Å². The van der Waals surface area contributed by atoms with E-state index in [9.17, 15) is 0 Å². The molecule has 16 heavy (non-hydrogen) atoms. The summed E-state index contributed by atoms with van der Waals surface area (Å²) in [6.07, 6.45) is 0. The molecule has 0 aliphatic rings. The molecule has 0 amide bonds. The second-order valence-corrected chi connectivity index (χ2v) is 4.32. The van der Waals surface area contributed by atoms with Gasteiger partial charge in [0.05, 0.1) is 0 Å². The fourth-order valence-corrected chi connectivity index (χ4v) is 1.78. The Hall–Kier alpha value is -0.730. The molecule has 0 saturated heterocycles. The van der Waals surface area contributed by atoms with Gasteiger partial charge in [-0.05, 0) is 37.7 Å². The van der Waals surface area contributed by atoms with Gasteiger partial charge in [-0.15, -0.1) is 0 Å². The molecule has 1 aromatic rings. The molecule has 0 aliphatic heterocycles. The molecular formula is C13H21ClN2. The Morgan fingerprint density at radius 1 is 1.25 bits per heavy atom. The van der Waals surface area contributed by atoms with E-state index in [1.54, 1.807) is 0 Å². The van der Waals surface area contributed by atoms with Crippen LogP contribution in [0.1, 0.15) is 19.4 Å². The van der Waals surface area contributed by atoms with Gasteiger partial charge in [0.15, 0.2) is 0 Å². The molecule has 0 aromatic heterocycles. The van der Waals surface area contributed by atoms with E-state index in [2.05, 4.69) is 30.1 Å². The summed E-state index contributed by atoms with van der Waals surface area (Å²) in [6.45, 7) is 10.6. The average Bonchev–Trinajstić information content (AvgIpc) is 2.29. The monoisotopic (exact) mass is 240 g/mol. The highest BCUT2D eigenvalue weighted by atomic mass is 35.5. The first-order valence-electron chi connectivity index (χ1n) is 5.89. The summed E-state index contributed by atoms with van der Waals surface area (Å²) in [5.41, 5.74) is 2.22. The maximum absolute atomic E-state index is 6.06. The minimum atomic E-state index is 0.827. The van der Waals surface area contributed by atoms with Gasteiger partial charge in [0.2, 0.25) is 0 Å². The first-order valence-corrected chi connectivity index (χ1v) is 6.27. The maximum Gasteiger partial charge on any atom is 0.0455 e. The van der Waals surface area contributed by atoms with Crippen LogP contribution in [0.5, 0.6) is 0 Å². The summed E-state index contributed by atoms with van der Waals surface area (Å²) in [5, 5.41) is 4.21. The molecule has 0 unspecified atom stereocenters. The summed E-state index contributed by atoms with van der Waals surface area (Å²) < 4.78 is 0. The maximum atomic E-state index is 6.06. The normalized spacial score (nSPS) is 10.8. The summed E-state index contributed by atoms with van der Waals surface area (Å²) in [6, 6.07) is 6.10. The molecule has 1 aromatic carbocycles. The largest absolute Gasteiger partial charge is 0.384 e. The zero-order chi connectivity index (χ0) is 12.0. The van der Waals surface area contributed by atoms with Gasteiger partial charge in [0, 0.05) is 23.8 Å². The van der Waals surface area contributed by atoms with Crippen molar-refractivity contribution in [2.75, 3.05) is 31.5 Å². The van der Waals surface area contributed by atoms with Crippen LogP contribution in [0.3, 0.4) is 0 Å². The zero-order valence-electron chi connectivity index (χ0n) is 10.4. The molecular weight excluding hydrogens is 220 g/mol. The molecule has 0 radical (unpaired) electrons. The number of benzene rings is 1. The Morgan fingerprint density at radius 2 is 1.94 bits per heavy atom. The van der Waals surface area contributed by atoms with Crippen LogP contribution < -0.4 is 5.32 Å². The average molecular weight is 241 g/mol. The molecule has 3 heteroatoms. The van der Waals surface area contributed by atoms with E-state index in [4.69, 9.17) is 11.6 Å². The molecule has 0 saturated carbocycles. The van der Waals surface area contributed by atoms with Crippen LogP contribution in [-0.2, 0) is 0 Å². The minimum absolute atomic E-state index is 0.827. The second-order valence-electron chi connectivity index (χ2n) is 3.92. The van der Waals surface area contributed by atoms with Crippen LogP contribution in [0, 0.1) is 6.92 Å². The van der Waals surface area contributed by atoms with E-state index in [0.717, 1.165) is 42.5 Å². The lowest BCUT2D eigenvalue weighted by atomic mass is 10.2. The predicted molar refractivity (Wildman–Crippen MR) is 72.5 cm³/mol. The Labute approximate surface area is 104 Å². The Balaban J connectivity index is 2.40. The number of likely N-dealkylation sites (N-methyl/N-ethyl adjacent to an activating group) is 1. The van der Waals surface area contributed by atoms with E-state index in [0.29, 0.717) is 0 Å². The minimum Gasteiger partial charge on any atom is -0.384 e. The smallest absolute Gasteiger partial charge is 0.0455 e. The number of aryl methyl sites for hydroxylation is 1. The number of halogens is 1. The van der Waals surface area contributed by atoms with Crippen molar-refractivity contribution in [3.63, 3.8) is 0 Å². The van der Waals surface area contributed by atoms with Crippen LogP contribution in [0.4, 0.5) is 5.69 Å². The molecule has 0 atom stereocenters. The third kappa shape index (κ3) is 4.03. The van der Waals surface area contributed by atoms with Gasteiger partial charge < -0.3 is 10.2 Å². The lowest BCUT2D eigenvalue weighted by molar-refractivity contribution is 0.316. The fourth-order valence-electron chi connectivity index (χ4n) is 1.60. The van der Waals surface area contributed by atoms with Crippen molar-refractivity contribution >= 4 is 17.3 Å². The van der Waals surface area contributed by atoms with Crippen molar-refractivity contribution in [3.8, 4) is 0 Å². The summed E-state index contributed by atoms with van der Waals surface area (Å²) >= 11 is 6.06. The lowest BCUT2D eigenvalue weighted by Gasteiger charge is -2.18. The van der Waals surface area contributed by atoms with Crippen LogP contribution in [0.25, 0.3) is 0 Å². The third-order valence-electron chi connectivity index (χ3n) is 2.82. The van der Waals surface area contributed by atoms with Crippen LogP contribution in [0.2, 0.25) is 5.02 Å². The Kier molecular flexibility index (Phi) is 5.64. The molecule has 0 spiro atoms. The van der Waals surface area contributed by atoms with Crippen molar-refractivity contribution in [2.45, 2.75) is 20.8 Å². The quantitative estimate of drug-likeness (QED) is 0.820. The van der Waals surface area contributed by atoms with Gasteiger partial charge in [-0.25, -0.2) is 0 Å². The molecule has 0 heterocycles. The number of hydrogen-bond acceptors (Lipinski definition) is 2. The number of rotatable bonds is 6. The van der Waals surface area contributed by atoms with Gasteiger partial charge in [-0.1, -0.05) is 31.5 Å². The van der Waals surface area contributed by atoms with E-state index in [-0.39, 0.29) is 0 Å². The molecule has 1 N–H and O–H groups in total. The molecule has 90 valence electrons. The molecule has 2 nitrogen and oxygen atoms in total. The first kappa shape index (κ1) is 13.3. The van der Waals surface area contributed by atoms with Crippen molar-refractivity contribution in [3.05, 3.63) is 28.8 Å². The lowest BCUT2D eigenvalue weighted by Crippen LogP contribution is -2.28. The van der Waals surface area contributed by atoms with Gasteiger partial charge in [0.1, 0.15) is 0 Å². The molecule has 0 bridgehead atoms. The number of hydrogen-bond donors (Lipinski definition) is 1. The van der Waals surface area contributed by atoms with Crippen LogP contribution in [-0.4, -0.2) is 31.1 Å². The Bertz CT molecular complexity index is 322. The standard InChI is InChI=1S/C13H21ClN2/c1-4-16(5-2)9-8-15-12-7-6-11(3)13(14)10-12/h6-7,10,15H,4-5,8-9H2,1-3H3. The van der Waals surface area contributed by atoms with E-state index >= 15 is 0 Å². The summed E-state index contributed by atoms with van der Waals surface area (Å²) in [4.78, 5) is 2.39. The second kappa shape index (κ2) is 6.77. The van der Waals surface area contributed by atoms with E-state index < -0.39 is 0 Å². The number of nitrogens with one attached hydrogen (secondary N) is 1. The SMILES string of the molecule is CCN(CC)CCNc1ccc(C)c(Cl)c1. The summed E-state index contributed by atoms with van der Waals surface area (Å²) in [5.74, 6) is 0. The first-order chi connectivity index (χ1) is 7.67. The fraction of sp³-hybridized carbons (Fsp3) is 0.538. The number of nitrogens with zero attached hydrogens (tertiary/aromatic N) is 1. The third-order valence-corrected chi connectivity index (χ3v) is 3.23. The number of anilines is 1. The highest BCUT2D eigenvalue weighted by Crippen LogP contribution is 2.19. The van der Waals surface area contributed by atoms with Crippen molar-refractivity contribution in [1.29, 1.82) is 0 Å². The van der Waals surface area contributed by atoms with Gasteiger partial charge in [-0.2, -0.15) is 0 Å². The van der Waals surface area contributed by atoms with Crippen molar-refractivity contribution in [1.82, 2.24) is 4.90 Å².